The second-order valence-corrected chi connectivity index (χ2v) is 7.73. The van der Waals surface area contributed by atoms with Crippen molar-refractivity contribution in [2.24, 2.45) is 0 Å². The number of H-pyrrole nitrogens is 1. The molecule has 4 rings (SSSR count). The average molecular weight is 407 g/mol. The van der Waals surface area contributed by atoms with Crippen LogP contribution in [0.5, 0.6) is 0 Å². The fourth-order valence-corrected chi connectivity index (χ4v) is 3.82. The van der Waals surface area contributed by atoms with Crippen LogP contribution in [-0.4, -0.2) is 38.1 Å². The van der Waals surface area contributed by atoms with E-state index in [4.69, 9.17) is 5.84 Å². The molecule has 0 radical (unpaired) electrons. The largest absolute Gasteiger partial charge is 0.361 e. The SMILES string of the molecule is Cc1ccc(-c2nnc(SCC(=O)NCCc3c[nH]c4ccccc34)n2N)cc1. The summed E-state index contributed by atoms with van der Waals surface area (Å²) in [7, 11) is 0. The highest BCUT2D eigenvalue weighted by molar-refractivity contribution is 7.99. The third kappa shape index (κ3) is 4.27. The summed E-state index contributed by atoms with van der Waals surface area (Å²) in [4.78, 5) is 15.4. The molecule has 2 heterocycles. The standard InChI is InChI=1S/C21H22N6OS/c1-14-6-8-15(9-7-14)20-25-26-21(27(20)22)29-13-19(28)23-11-10-16-12-24-18-5-3-2-4-17(16)18/h2-9,12,24H,10-11,13,22H2,1H3,(H,23,28). The first-order chi connectivity index (χ1) is 14.1. The van der Waals surface area contributed by atoms with Gasteiger partial charge in [0.25, 0.3) is 0 Å². The van der Waals surface area contributed by atoms with Crippen molar-refractivity contribution in [3.05, 3.63) is 65.9 Å². The normalized spacial score (nSPS) is 11.1. The zero-order valence-electron chi connectivity index (χ0n) is 16.1. The van der Waals surface area contributed by atoms with Gasteiger partial charge in [0.15, 0.2) is 5.82 Å². The summed E-state index contributed by atoms with van der Waals surface area (Å²) in [6, 6.07) is 16.0. The van der Waals surface area contributed by atoms with Crippen molar-refractivity contribution in [2.75, 3.05) is 18.1 Å². The number of nitrogen functional groups attached to an aromatic ring is 1. The fourth-order valence-electron chi connectivity index (χ4n) is 3.13. The molecule has 7 nitrogen and oxygen atoms in total. The van der Waals surface area contributed by atoms with Gasteiger partial charge in [-0.15, -0.1) is 10.2 Å². The van der Waals surface area contributed by atoms with Gasteiger partial charge in [0.2, 0.25) is 11.1 Å². The summed E-state index contributed by atoms with van der Waals surface area (Å²) in [6.45, 7) is 2.60. The van der Waals surface area contributed by atoms with Gasteiger partial charge in [-0.1, -0.05) is 59.8 Å². The number of aryl methyl sites for hydroxylation is 1. The van der Waals surface area contributed by atoms with Gasteiger partial charge in [0, 0.05) is 29.2 Å². The Morgan fingerprint density at radius 1 is 1.17 bits per heavy atom. The Morgan fingerprint density at radius 3 is 2.79 bits per heavy atom. The Balaban J connectivity index is 1.29. The van der Waals surface area contributed by atoms with Crippen molar-refractivity contribution in [1.82, 2.24) is 25.2 Å². The Bertz CT molecular complexity index is 1130. The van der Waals surface area contributed by atoms with Crippen LogP contribution in [-0.2, 0) is 11.2 Å². The second-order valence-electron chi connectivity index (χ2n) is 6.79. The van der Waals surface area contributed by atoms with Crippen molar-refractivity contribution < 1.29 is 4.79 Å². The van der Waals surface area contributed by atoms with Crippen molar-refractivity contribution in [2.45, 2.75) is 18.5 Å². The molecule has 2 aromatic heterocycles. The van der Waals surface area contributed by atoms with Gasteiger partial charge in [0.05, 0.1) is 5.75 Å². The summed E-state index contributed by atoms with van der Waals surface area (Å²) < 4.78 is 1.43. The quantitative estimate of drug-likeness (QED) is 0.324. The smallest absolute Gasteiger partial charge is 0.230 e. The highest BCUT2D eigenvalue weighted by atomic mass is 32.2. The van der Waals surface area contributed by atoms with Crippen LogP contribution in [0.3, 0.4) is 0 Å². The second kappa shape index (κ2) is 8.40. The van der Waals surface area contributed by atoms with E-state index < -0.39 is 0 Å². The number of fused-ring (bicyclic) bond motifs is 1. The Morgan fingerprint density at radius 2 is 1.97 bits per heavy atom. The van der Waals surface area contributed by atoms with Gasteiger partial charge in [-0.25, -0.2) is 4.68 Å². The van der Waals surface area contributed by atoms with Crippen LogP contribution >= 0.6 is 11.8 Å². The van der Waals surface area contributed by atoms with Gasteiger partial charge in [-0.2, -0.15) is 0 Å². The summed E-state index contributed by atoms with van der Waals surface area (Å²) in [5.74, 6) is 6.86. The molecule has 148 valence electrons. The summed E-state index contributed by atoms with van der Waals surface area (Å²) in [5, 5.41) is 12.9. The van der Waals surface area contributed by atoms with Gasteiger partial charge >= 0.3 is 0 Å². The first-order valence-electron chi connectivity index (χ1n) is 9.34. The van der Waals surface area contributed by atoms with E-state index in [0.29, 0.717) is 17.5 Å². The maximum Gasteiger partial charge on any atom is 0.230 e. The number of nitrogens with zero attached hydrogens (tertiary/aromatic N) is 3. The molecule has 0 bridgehead atoms. The first kappa shape index (κ1) is 19.1. The molecule has 8 heteroatoms. The molecule has 0 fully saturated rings. The predicted octanol–water partition coefficient (Wildman–Crippen LogP) is 2.90. The molecule has 1 amide bonds. The lowest BCUT2D eigenvalue weighted by Gasteiger charge is -2.06. The number of rotatable bonds is 7. The molecule has 2 aromatic carbocycles. The lowest BCUT2D eigenvalue weighted by atomic mass is 10.1. The molecule has 0 atom stereocenters. The monoisotopic (exact) mass is 406 g/mol. The summed E-state index contributed by atoms with van der Waals surface area (Å²) in [6.07, 6.45) is 2.76. The number of thioether (sulfide) groups is 1. The van der Waals surface area contributed by atoms with E-state index in [0.717, 1.165) is 23.1 Å². The molecule has 0 unspecified atom stereocenters. The number of hydrogen-bond donors (Lipinski definition) is 3. The molecule has 0 saturated heterocycles. The number of carbonyl (C=O) groups is 1. The van der Waals surface area contributed by atoms with Gasteiger partial charge in [0.1, 0.15) is 0 Å². The van der Waals surface area contributed by atoms with Crippen molar-refractivity contribution in [3.8, 4) is 11.4 Å². The van der Waals surface area contributed by atoms with E-state index in [-0.39, 0.29) is 11.7 Å². The number of para-hydroxylation sites is 1. The first-order valence-corrected chi connectivity index (χ1v) is 10.3. The zero-order valence-corrected chi connectivity index (χ0v) is 16.9. The molecule has 0 aliphatic carbocycles. The number of amides is 1. The number of benzene rings is 2. The topological polar surface area (TPSA) is 102 Å². The van der Waals surface area contributed by atoms with Crippen LogP contribution in [0.2, 0.25) is 0 Å². The number of nitrogens with one attached hydrogen (secondary N) is 2. The number of carbonyl (C=O) groups excluding carboxylic acids is 1. The Labute approximate surface area is 172 Å². The minimum atomic E-state index is -0.0604. The van der Waals surface area contributed by atoms with E-state index in [1.807, 2.05) is 55.6 Å². The van der Waals surface area contributed by atoms with E-state index in [1.54, 1.807) is 0 Å². The van der Waals surface area contributed by atoms with E-state index in [2.05, 4.69) is 26.6 Å². The van der Waals surface area contributed by atoms with Crippen molar-refractivity contribution >= 4 is 28.6 Å². The van der Waals surface area contributed by atoms with Crippen molar-refractivity contribution in [3.63, 3.8) is 0 Å². The number of hydrogen-bond acceptors (Lipinski definition) is 5. The van der Waals surface area contributed by atoms with Gasteiger partial charge in [-0.3, -0.25) is 4.79 Å². The molecule has 29 heavy (non-hydrogen) atoms. The van der Waals surface area contributed by atoms with E-state index in [9.17, 15) is 4.79 Å². The summed E-state index contributed by atoms with van der Waals surface area (Å²) in [5.41, 5.74) is 4.35. The lowest BCUT2D eigenvalue weighted by molar-refractivity contribution is -0.118. The third-order valence-electron chi connectivity index (χ3n) is 4.70. The Hall–Kier alpha value is -3.26. The fraction of sp³-hybridized carbons (Fsp3) is 0.190. The lowest BCUT2D eigenvalue weighted by Crippen LogP contribution is -2.27. The zero-order chi connectivity index (χ0) is 20.2. The molecule has 4 aromatic rings. The molecular formula is C21H22N6OS. The predicted molar refractivity (Wildman–Crippen MR) is 116 cm³/mol. The third-order valence-corrected chi connectivity index (χ3v) is 5.64. The van der Waals surface area contributed by atoms with Crippen LogP contribution in [0.1, 0.15) is 11.1 Å². The molecule has 0 aliphatic heterocycles. The van der Waals surface area contributed by atoms with Crippen LogP contribution in [0.15, 0.2) is 59.9 Å². The molecule has 0 aliphatic rings. The Kier molecular flexibility index (Phi) is 5.53. The maximum absolute atomic E-state index is 12.2. The average Bonchev–Trinajstić information content (AvgIpc) is 3.31. The summed E-state index contributed by atoms with van der Waals surface area (Å²) >= 11 is 1.27. The highest BCUT2D eigenvalue weighted by Crippen LogP contribution is 2.22. The highest BCUT2D eigenvalue weighted by Gasteiger charge is 2.13. The van der Waals surface area contributed by atoms with E-state index in [1.165, 1.54) is 27.4 Å². The molecule has 4 N–H and O–H groups in total. The van der Waals surface area contributed by atoms with Crippen LogP contribution in [0.4, 0.5) is 0 Å². The molecule has 0 spiro atoms. The number of aromatic nitrogens is 4. The number of aromatic amines is 1. The van der Waals surface area contributed by atoms with Crippen LogP contribution in [0, 0.1) is 6.92 Å². The van der Waals surface area contributed by atoms with Crippen LogP contribution < -0.4 is 11.2 Å². The van der Waals surface area contributed by atoms with E-state index >= 15 is 0 Å². The minimum Gasteiger partial charge on any atom is -0.361 e. The number of nitrogens with two attached hydrogens (primary N) is 1. The van der Waals surface area contributed by atoms with Gasteiger partial charge < -0.3 is 16.1 Å². The molecular weight excluding hydrogens is 384 g/mol. The minimum absolute atomic E-state index is 0.0604. The van der Waals surface area contributed by atoms with Gasteiger partial charge in [-0.05, 0) is 25.0 Å². The van der Waals surface area contributed by atoms with Crippen LogP contribution in [0.25, 0.3) is 22.3 Å². The maximum atomic E-state index is 12.2. The molecule has 0 saturated carbocycles. The van der Waals surface area contributed by atoms with Crippen molar-refractivity contribution in [1.29, 1.82) is 0 Å².